The standard InChI is InChI=1S/C19H14F4N2O/c20-15-2-1-3-16(10-15)24-11-17-12-26-18(25-17)9-6-13-4-7-14(8-5-13)19(21,22)23/h1-10,12,24H,11H2/b9-6+. The first kappa shape index (κ1) is 17.7. The predicted molar refractivity (Wildman–Crippen MR) is 90.6 cm³/mol. The van der Waals surface area contributed by atoms with Crippen LogP contribution in [0.1, 0.15) is 22.7 Å². The zero-order valence-corrected chi connectivity index (χ0v) is 13.4. The fourth-order valence-corrected chi connectivity index (χ4v) is 2.22. The van der Waals surface area contributed by atoms with Gasteiger partial charge >= 0.3 is 6.18 Å². The number of aromatic nitrogens is 1. The second-order valence-electron chi connectivity index (χ2n) is 5.49. The molecule has 0 unspecified atom stereocenters. The van der Waals surface area contributed by atoms with Crippen LogP contribution in [0.5, 0.6) is 0 Å². The van der Waals surface area contributed by atoms with Crippen LogP contribution in [0.25, 0.3) is 12.2 Å². The molecule has 0 saturated heterocycles. The van der Waals surface area contributed by atoms with Crippen molar-refractivity contribution in [2.45, 2.75) is 12.7 Å². The molecule has 0 amide bonds. The average Bonchev–Trinajstić information content (AvgIpc) is 3.06. The van der Waals surface area contributed by atoms with Gasteiger partial charge in [-0.05, 0) is 42.0 Å². The molecule has 3 nitrogen and oxygen atoms in total. The van der Waals surface area contributed by atoms with E-state index in [2.05, 4.69) is 10.3 Å². The maximum atomic E-state index is 13.1. The molecule has 1 aromatic heterocycles. The molecular weight excluding hydrogens is 348 g/mol. The third kappa shape index (κ3) is 4.72. The summed E-state index contributed by atoms with van der Waals surface area (Å²) in [5.41, 5.74) is 1.13. The predicted octanol–water partition coefficient (Wildman–Crippen LogP) is 5.62. The van der Waals surface area contributed by atoms with E-state index >= 15 is 0 Å². The molecule has 3 rings (SSSR count). The summed E-state index contributed by atoms with van der Waals surface area (Å²) in [6.45, 7) is 0.348. The van der Waals surface area contributed by atoms with Crippen molar-refractivity contribution in [3.8, 4) is 0 Å². The van der Waals surface area contributed by atoms with Gasteiger partial charge in [-0.3, -0.25) is 0 Å². The first-order valence-corrected chi connectivity index (χ1v) is 7.69. The van der Waals surface area contributed by atoms with Crippen LogP contribution in [0.15, 0.2) is 59.2 Å². The van der Waals surface area contributed by atoms with Gasteiger partial charge in [-0.15, -0.1) is 0 Å². The highest BCUT2D eigenvalue weighted by Gasteiger charge is 2.29. The minimum atomic E-state index is -4.35. The van der Waals surface area contributed by atoms with Crippen LogP contribution >= 0.6 is 0 Å². The van der Waals surface area contributed by atoms with Crippen LogP contribution in [0.3, 0.4) is 0 Å². The van der Waals surface area contributed by atoms with E-state index in [4.69, 9.17) is 4.42 Å². The Morgan fingerprint density at radius 1 is 1.04 bits per heavy atom. The summed E-state index contributed by atoms with van der Waals surface area (Å²) in [5.74, 6) is -0.0174. The first-order valence-electron chi connectivity index (χ1n) is 7.69. The van der Waals surface area contributed by atoms with Crippen LogP contribution < -0.4 is 5.32 Å². The number of nitrogens with one attached hydrogen (secondary N) is 1. The molecular formula is C19H14F4N2O. The van der Waals surface area contributed by atoms with Crippen molar-refractivity contribution in [1.82, 2.24) is 4.98 Å². The smallest absolute Gasteiger partial charge is 0.416 e. The van der Waals surface area contributed by atoms with E-state index in [1.165, 1.54) is 30.5 Å². The van der Waals surface area contributed by atoms with E-state index in [0.717, 1.165) is 12.1 Å². The van der Waals surface area contributed by atoms with Crippen LogP contribution in [-0.2, 0) is 12.7 Å². The van der Waals surface area contributed by atoms with Gasteiger partial charge in [0.25, 0.3) is 0 Å². The summed E-state index contributed by atoms with van der Waals surface area (Å²) in [6.07, 6.45) is 0.275. The fraction of sp³-hybridized carbons (Fsp3) is 0.105. The summed E-state index contributed by atoms with van der Waals surface area (Å²) in [5, 5.41) is 3.02. The molecule has 0 spiro atoms. The third-order valence-electron chi connectivity index (χ3n) is 3.52. The summed E-state index contributed by atoms with van der Waals surface area (Å²) in [7, 11) is 0. The van der Waals surface area contributed by atoms with Crippen molar-refractivity contribution in [3.05, 3.63) is 83.3 Å². The highest BCUT2D eigenvalue weighted by Crippen LogP contribution is 2.29. The lowest BCUT2D eigenvalue weighted by atomic mass is 10.1. The summed E-state index contributed by atoms with van der Waals surface area (Å²) in [4.78, 5) is 4.23. The largest absolute Gasteiger partial charge is 0.445 e. The Bertz CT molecular complexity index is 898. The molecule has 0 saturated carbocycles. The Hall–Kier alpha value is -3.09. The minimum Gasteiger partial charge on any atom is -0.445 e. The topological polar surface area (TPSA) is 38.1 Å². The van der Waals surface area contributed by atoms with Crippen LogP contribution in [-0.4, -0.2) is 4.98 Å². The Balaban J connectivity index is 1.60. The van der Waals surface area contributed by atoms with Crippen molar-refractivity contribution >= 4 is 17.8 Å². The second-order valence-corrected chi connectivity index (χ2v) is 5.49. The number of halogens is 4. The molecule has 3 aromatic rings. The lowest BCUT2D eigenvalue weighted by molar-refractivity contribution is -0.137. The average molecular weight is 362 g/mol. The Morgan fingerprint density at radius 3 is 2.50 bits per heavy atom. The number of rotatable bonds is 5. The lowest BCUT2D eigenvalue weighted by Gasteiger charge is -2.05. The summed E-state index contributed by atoms with van der Waals surface area (Å²) in [6, 6.07) is 10.8. The van der Waals surface area contributed by atoms with E-state index in [1.807, 2.05) is 0 Å². The molecule has 0 aliphatic heterocycles. The molecule has 0 fully saturated rings. The first-order chi connectivity index (χ1) is 12.4. The number of nitrogens with zero attached hydrogens (tertiary/aromatic N) is 1. The zero-order valence-electron chi connectivity index (χ0n) is 13.4. The zero-order chi connectivity index (χ0) is 18.6. The van der Waals surface area contributed by atoms with Crippen molar-refractivity contribution in [3.63, 3.8) is 0 Å². The van der Waals surface area contributed by atoms with E-state index in [1.54, 1.807) is 24.3 Å². The Labute approximate surface area is 147 Å². The van der Waals surface area contributed by atoms with Gasteiger partial charge in [-0.1, -0.05) is 18.2 Å². The lowest BCUT2D eigenvalue weighted by Crippen LogP contribution is -2.03. The van der Waals surface area contributed by atoms with Gasteiger partial charge in [-0.25, -0.2) is 9.37 Å². The van der Waals surface area contributed by atoms with Gasteiger partial charge in [0.1, 0.15) is 12.1 Å². The molecule has 0 aliphatic rings. The maximum absolute atomic E-state index is 13.1. The van der Waals surface area contributed by atoms with Crippen molar-refractivity contribution in [2.24, 2.45) is 0 Å². The van der Waals surface area contributed by atoms with E-state index in [0.29, 0.717) is 29.4 Å². The van der Waals surface area contributed by atoms with Crippen molar-refractivity contribution in [1.29, 1.82) is 0 Å². The molecule has 0 aliphatic carbocycles. The molecule has 26 heavy (non-hydrogen) atoms. The van der Waals surface area contributed by atoms with E-state index < -0.39 is 11.7 Å². The number of hydrogen-bond acceptors (Lipinski definition) is 3. The van der Waals surface area contributed by atoms with Gasteiger partial charge < -0.3 is 9.73 Å². The fourth-order valence-electron chi connectivity index (χ4n) is 2.22. The molecule has 7 heteroatoms. The maximum Gasteiger partial charge on any atom is 0.416 e. The van der Waals surface area contributed by atoms with Gasteiger partial charge in [-0.2, -0.15) is 13.2 Å². The molecule has 1 N–H and O–H groups in total. The monoisotopic (exact) mass is 362 g/mol. The minimum absolute atomic E-state index is 0.320. The molecule has 0 bridgehead atoms. The van der Waals surface area contributed by atoms with Crippen LogP contribution in [0.2, 0.25) is 0 Å². The second kappa shape index (κ2) is 7.43. The molecule has 1 heterocycles. The SMILES string of the molecule is Fc1cccc(NCc2coc(/C=C/c3ccc(C(F)(F)F)cc3)n2)c1. The van der Waals surface area contributed by atoms with E-state index in [-0.39, 0.29) is 5.82 Å². The van der Waals surface area contributed by atoms with Crippen LogP contribution in [0, 0.1) is 5.82 Å². The Kier molecular flexibility index (Phi) is 5.06. The number of alkyl halides is 3. The quantitative estimate of drug-likeness (QED) is 0.599. The molecule has 134 valence electrons. The highest BCUT2D eigenvalue weighted by atomic mass is 19.4. The van der Waals surface area contributed by atoms with Gasteiger partial charge in [0, 0.05) is 11.8 Å². The third-order valence-corrected chi connectivity index (χ3v) is 3.52. The van der Waals surface area contributed by atoms with Crippen molar-refractivity contribution in [2.75, 3.05) is 5.32 Å². The number of hydrogen-bond donors (Lipinski definition) is 1. The van der Waals surface area contributed by atoms with Crippen LogP contribution in [0.4, 0.5) is 23.2 Å². The van der Waals surface area contributed by atoms with Gasteiger partial charge in [0.2, 0.25) is 5.89 Å². The van der Waals surface area contributed by atoms with Crippen molar-refractivity contribution < 1.29 is 22.0 Å². The normalized spacial score (nSPS) is 11.8. The number of benzene rings is 2. The molecule has 2 aromatic carbocycles. The number of oxazole rings is 1. The summed E-state index contributed by atoms with van der Waals surface area (Å²) >= 11 is 0. The highest BCUT2D eigenvalue weighted by molar-refractivity contribution is 5.66. The summed E-state index contributed by atoms with van der Waals surface area (Å²) < 4.78 is 55.9. The number of anilines is 1. The van der Waals surface area contributed by atoms with E-state index in [9.17, 15) is 17.6 Å². The molecule has 0 atom stereocenters. The Morgan fingerprint density at radius 2 is 1.81 bits per heavy atom. The van der Waals surface area contributed by atoms with Gasteiger partial charge in [0.15, 0.2) is 0 Å². The molecule has 0 radical (unpaired) electrons. The van der Waals surface area contributed by atoms with Gasteiger partial charge in [0.05, 0.1) is 17.8 Å².